The van der Waals surface area contributed by atoms with Crippen LogP contribution in [0.4, 0.5) is 0 Å². The molecule has 0 atom stereocenters. The van der Waals surface area contributed by atoms with Crippen molar-refractivity contribution in [2.24, 2.45) is 0 Å². The van der Waals surface area contributed by atoms with Gasteiger partial charge in [0.15, 0.2) is 5.82 Å². The number of fused-ring (bicyclic) bond motifs is 18. The topological polar surface area (TPSA) is 120 Å². The van der Waals surface area contributed by atoms with Crippen molar-refractivity contribution in [1.29, 1.82) is 0 Å². The minimum absolute atomic E-state index is 0.621. The fourth-order valence-electron chi connectivity index (χ4n) is 20.6. The Morgan fingerprint density at radius 2 is 0.406 bits per heavy atom. The number of hydrogen-bond acceptors (Lipinski definition) is 7. The van der Waals surface area contributed by atoms with E-state index in [2.05, 4.69) is 458 Å². The smallest absolute Gasteiger partial charge is 0.234 e. The molecule has 0 fully saturated rings. The van der Waals surface area contributed by atoms with Gasteiger partial charge in [-0.15, -0.1) is 0 Å². The van der Waals surface area contributed by atoms with Crippen molar-refractivity contribution >= 4 is 131 Å². The molecule has 28 aromatic rings. The van der Waals surface area contributed by atoms with Gasteiger partial charge in [0, 0.05) is 139 Å². The molecule has 0 spiro atoms. The molecule has 0 aliphatic heterocycles. The Balaban J connectivity index is 0.000000107. The van der Waals surface area contributed by atoms with Gasteiger partial charge < -0.3 is 22.8 Å². The maximum Gasteiger partial charge on any atom is 0.234 e. The van der Waals surface area contributed by atoms with Crippen LogP contribution in [0.5, 0.6) is 0 Å². The second-order valence-electron chi connectivity index (χ2n) is 34.7. The molecule has 0 unspecified atom stereocenters. The van der Waals surface area contributed by atoms with Crippen LogP contribution in [0.15, 0.2) is 492 Å². The number of pyridine rings is 3. The van der Waals surface area contributed by atoms with Crippen molar-refractivity contribution in [2.45, 2.75) is 0 Å². The summed E-state index contributed by atoms with van der Waals surface area (Å²) in [4.78, 5) is 35.0. The van der Waals surface area contributed by atoms with Gasteiger partial charge in [0.25, 0.3) is 0 Å². The number of nitrogens with zero attached hydrogens (tertiary/aromatic N) is 13. The minimum Gasteiger partial charge on any atom is -0.309 e. The first kappa shape index (κ1) is 80.0. The van der Waals surface area contributed by atoms with E-state index in [4.69, 9.17) is 34.9 Å². The van der Waals surface area contributed by atoms with Crippen LogP contribution in [-0.2, 0) is 0 Å². The Bertz CT molecular complexity index is 9360. The van der Waals surface area contributed by atoms with Gasteiger partial charge in [0.05, 0.1) is 119 Å². The van der Waals surface area contributed by atoms with Crippen molar-refractivity contribution < 1.29 is 0 Å². The van der Waals surface area contributed by atoms with E-state index in [-0.39, 0.29) is 0 Å². The van der Waals surface area contributed by atoms with E-state index in [1.807, 2.05) is 61.3 Å². The summed E-state index contributed by atoms with van der Waals surface area (Å²) in [5.74, 6) is 1.30. The number of benzene rings is 17. The number of hydrogen-bond donors (Lipinski definition) is 0. The summed E-state index contributed by atoms with van der Waals surface area (Å²) in [7, 11) is 0. The van der Waals surface area contributed by atoms with E-state index >= 15 is 0 Å². The molecular formula is C125H81N13. The standard InChI is InChI=1S/C45H29N5.C41H27N3.C39H25N5/c1-3-13-30(14-4-1)39-27-38-37-19-9-12-22-42(37)50(44(38)43(48-39)31-15-5-2-6-16-31)34-28-46-45(47-29-34)32-23-25-33(26-24-32)49-40-20-10-7-17-35(40)36-18-8-11-21-41(36)49;1-3-13-28(14-4-1)36-27-35-34-19-9-12-22-39(34)44(41(35)40(42-36)29-15-5-2-6-16-29)31-25-23-30(24-26-31)43-37-20-10-7-17-32(37)33-18-8-11-21-38(33)43;1-2-10-27(11-3-1)34-22-33-32-14-6-9-17-37(32)44(38(33)25-40-34)39-41-23-28(24-42-39)26-18-20-29(21-19-26)43-35-15-7-4-12-30(35)31-13-5-8-16-36(31)43/h1-29H;1-27H;1-25H. The molecule has 0 radical (unpaired) electrons. The van der Waals surface area contributed by atoms with Gasteiger partial charge >= 0.3 is 0 Å². The fourth-order valence-corrected chi connectivity index (χ4v) is 20.6. The second-order valence-corrected chi connectivity index (χ2v) is 34.7. The van der Waals surface area contributed by atoms with Gasteiger partial charge in [-0.05, 0) is 139 Å². The number of rotatable bonds is 13. The SMILES string of the molecule is c1ccc(-c2cc3c4ccccc4n(-c4ccc(-n5c6ccccc6c6ccccc65)cc4)c3c(-c3ccccc3)n2)cc1.c1ccc(-c2cc3c4ccccc4n(-c4cnc(-c5ccc(-n6c7ccccc7c7ccccc76)cc5)nc4)c3c(-c3ccccc3)n2)cc1.c1ccc(-c2cc3c4ccccc4n(-c4ncc(-c5ccc(-n6c7ccccc7c7ccccc76)cc5)cn4)c3cn2)cc1. The third-order valence-corrected chi connectivity index (χ3v) is 26.8. The number of aromatic nitrogens is 13. The zero-order valence-corrected chi connectivity index (χ0v) is 74.6. The van der Waals surface area contributed by atoms with Gasteiger partial charge in [-0.1, -0.05) is 328 Å². The molecule has 0 aliphatic carbocycles. The zero-order valence-electron chi connectivity index (χ0n) is 74.6. The highest BCUT2D eigenvalue weighted by molar-refractivity contribution is 6.17. The Morgan fingerprint density at radius 3 is 0.761 bits per heavy atom. The third kappa shape index (κ3) is 13.7. The van der Waals surface area contributed by atoms with Crippen LogP contribution < -0.4 is 0 Å². The first-order valence-corrected chi connectivity index (χ1v) is 46.5. The molecule has 11 heterocycles. The molecule has 138 heavy (non-hydrogen) atoms. The molecular weight excluding hydrogens is 1680 g/mol. The lowest BCUT2D eigenvalue weighted by Crippen LogP contribution is -2.01. The molecule has 28 rings (SSSR count). The predicted octanol–water partition coefficient (Wildman–Crippen LogP) is 31.1. The van der Waals surface area contributed by atoms with Crippen LogP contribution in [0.25, 0.3) is 244 Å². The van der Waals surface area contributed by atoms with Crippen LogP contribution in [0.3, 0.4) is 0 Å². The van der Waals surface area contributed by atoms with E-state index in [9.17, 15) is 0 Å². The quantitative estimate of drug-likeness (QED) is 0.113. The van der Waals surface area contributed by atoms with E-state index in [0.717, 1.165) is 156 Å². The molecule has 0 bridgehead atoms. The van der Waals surface area contributed by atoms with Crippen molar-refractivity contribution in [3.63, 3.8) is 0 Å². The van der Waals surface area contributed by atoms with Gasteiger partial charge in [0.1, 0.15) is 0 Å². The highest BCUT2D eigenvalue weighted by Gasteiger charge is 2.26. The molecule has 13 heteroatoms. The van der Waals surface area contributed by atoms with Crippen molar-refractivity contribution in [3.05, 3.63) is 492 Å². The van der Waals surface area contributed by atoms with Crippen LogP contribution in [0, 0.1) is 0 Å². The van der Waals surface area contributed by atoms with E-state index in [0.29, 0.717) is 11.8 Å². The predicted molar refractivity (Wildman–Crippen MR) is 568 cm³/mol. The summed E-state index contributed by atoms with van der Waals surface area (Å²) in [6.07, 6.45) is 9.60. The maximum atomic E-state index is 5.32. The lowest BCUT2D eigenvalue weighted by Gasteiger charge is -2.14. The second kappa shape index (κ2) is 33.8. The first-order valence-electron chi connectivity index (χ1n) is 46.5. The van der Waals surface area contributed by atoms with E-state index in [1.54, 1.807) is 0 Å². The van der Waals surface area contributed by atoms with Crippen molar-refractivity contribution in [3.8, 4) is 113 Å². The van der Waals surface area contributed by atoms with Crippen LogP contribution >= 0.6 is 0 Å². The van der Waals surface area contributed by atoms with Crippen LogP contribution in [0.1, 0.15) is 0 Å². The molecule has 0 N–H and O–H groups in total. The van der Waals surface area contributed by atoms with Crippen LogP contribution in [0.2, 0.25) is 0 Å². The number of para-hydroxylation sites is 9. The Kier molecular flexibility index (Phi) is 19.6. The monoisotopic (exact) mass is 1760 g/mol. The molecule has 11 aromatic heterocycles. The van der Waals surface area contributed by atoms with Gasteiger partial charge in [-0.3, -0.25) is 9.55 Å². The fraction of sp³-hybridized carbons (Fsp3) is 0. The molecule has 0 aliphatic rings. The van der Waals surface area contributed by atoms with Gasteiger partial charge in [-0.25, -0.2) is 29.9 Å². The summed E-state index contributed by atoms with van der Waals surface area (Å²) in [6.45, 7) is 0. The van der Waals surface area contributed by atoms with Crippen LogP contribution in [-0.4, -0.2) is 62.3 Å². The molecule has 646 valence electrons. The molecule has 17 aromatic carbocycles. The summed E-state index contributed by atoms with van der Waals surface area (Å²) in [6, 6.07) is 162. The highest BCUT2D eigenvalue weighted by atomic mass is 15.2. The Labute approximate surface area is 793 Å². The average Bonchev–Trinajstić information content (AvgIpc) is 1.56. The molecule has 0 amide bonds. The maximum absolute atomic E-state index is 5.32. The summed E-state index contributed by atoms with van der Waals surface area (Å²) < 4.78 is 13.7. The lowest BCUT2D eigenvalue weighted by molar-refractivity contribution is 0.987. The molecule has 13 nitrogen and oxygen atoms in total. The first-order chi connectivity index (χ1) is 68.5. The summed E-state index contributed by atoms with van der Waals surface area (Å²) in [5.41, 5.74) is 32.2. The zero-order chi connectivity index (χ0) is 91.1. The highest BCUT2D eigenvalue weighted by Crippen LogP contribution is 2.45. The Morgan fingerprint density at radius 1 is 0.145 bits per heavy atom. The summed E-state index contributed by atoms with van der Waals surface area (Å²) >= 11 is 0. The van der Waals surface area contributed by atoms with E-state index in [1.165, 1.54) is 76.2 Å². The van der Waals surface area contributed by atoms with Gasteiger partial charge in [-0.2, -0.15) is 0 Å². The molecule has 0 saturated carbocycles. The normalized spacial score (nSPS) is 11.6. The Hall–Kier alpha value is -18.9. The minimum atomic E-state index is 0.621. The van der Waals surface area contributed by atoms with Crippen molar-refractivity contribution in [2.75, 3.05) is 0 Å². The van der Waals surface area contributed by atoms with E-state index < -0.39 is 0 Å². The summed E-state index contributed by atoms with van der Waals surface area (Å²) in [5, 5.41) is 14.5. The third-order valence-electron chi connectivity index (χ3n) is 26.8. The molecule has 0 saturated heterocycles. The average molecular weight is 1770 g/mol. The largest absolute Gasteiger partial charge is 0.309 e. The lowest BCUT2D eigenvalue weighted by atomic mass is 10.0. The van der Waals surface area contributed by atoms with Crippen molar-refractivity contribution in [1.82, 2.24) is 62.3 Å². The van der Waals surface area contributed by atoms with Gasteiger partial charge in [0.2, 0.25) is 5.95 Å².